The van der Waals surface area contributed by atoms with E-state index in [0.717, 1.165) is 16.7 Å². The minimum Gasteiger partial charge on any atom is -0.497 e. The summed E-state index contributed by atoms with van der Waals surface area (Å²) in [7, 11) is 1.62. The summed E-state index contributed by atoms with van der Waals surface area (Å²) in [6.07, 6.45) is 0.281. The molecule has 4 atom stereocenters. The number of benzene rings is 3. The van der Waals surface area contributed by atoms with Crippen molar-refractivity contribution in [3.63, 3.8) is 0 Å². The van der Waals surface area contributed by atoms with Gasteiger partial charge in [-0.2, -0.15) is 10.2 Å². The number of ether oxygens (including phenoxy) is 4. The molecule has 1 saturated heterocycles. The molecule has 1 aliphatic heterocycles. The molecule has 0 radical (unpaired) electrons. The molecule has 3 aromatic carbocycles. The number of nitrogens with zero attached hydrogens (tertiary/aromatic N) is 4. The highest BCUT2D eigenvalue weighted by atomic mass is 31.2. The van der Waals surface area contributed by atoms with Crippen molar-refractivity contribution < 1.29 is 32.4 Å². The van der Waals surface area contributed by atoms with Crippen LogP contribution in [0.4, 0.5) is 0 Å². The Labute approximate surface area is 323 Å². The normalized spacial score (nSPS) is 17.9. The molecule has 4 unspecified atom stereocenters. The number of rotatable bonds is 17. The zero-order chi connectivity index (χ0) is 39.1. The van der Waals surface area contributed by atoms with Crippen LogP contribution >= 0.6 is 8.53 Å². The van der Waals surface area contributed by atoms with Crippen molar-refractivity contribution in [2.75, 3.05) is 27.4 Å². The van der Waals surface area contributed by atoms with Gasteiger partial charge in [0, 0.05) is 24.7 Å². The average molecular weight is 769 g/mol. The maximum Gasteiger partial charge on any atom is 0.353 e. The van der Waals surface area contributed by atoms with Gasteiger partial charge in [-0.05, 0) is 81.6 Å². The molecule has 1 fully saturated rings. The molecule has 3 heterocycles. The molecule has 0 aliphatic carbocycles. The van der Waals surface area contributed by atoms with Crippen LogP contribution < -0.4 is 15.2 Å². The van der Waals surface area contributed by atoms with Crippen LogP contribution in [0.3, 0.4) is 0 Å². The summed E-state index contributed by atoms with van der Waals surface area (Å²) >= 11 is 0. The lowest BCUT2D eigenvalue weighted by atomic mass is 9.80. The Hall–Kier alpha value is -4.60. The van der Waals surface area contributed by atoms with Crippen LogP contribution in [0.25, 0.3) is 11.1 Å². The van der Waals surface area contributed by atoms with Crippen LogP contribution in [0, 0.1) is 18.3 Å². The predicted octanol–water partition coefficient (Wildman–Crippen LogP) is 8.27. The molecule has 0 bridgehead atoms. The highest BCUT2D eigenvalue weighted by Crippen LogP contribution is 2.50. The number of nitriles is 1. The first kappa shape index (κ1) is 40.1. The van der Waals surface area contributed by atoms with Gasteiger partial charge in [0.1, 0.15) is 35.2 Å². The molecule has 55 heavy (non-hydrogen) atoms. The van der Waals surface area contributed by atoms with Gasteiger partial charge in [0.05, 0.1) is 51.4 Å². The molecule has 1 aliphatic rings. The van der Waals surface area contributed by atoms with Crippen LogP contribution in [0.2, 0.25) is 0 Å². The highest BCUT2D eigenvalue weighted by Gasteiger charge is 2.45. The van der Waals surface area contributed by atoms with Gasteiger partial charge >= 0.3 is 5.69 Å². The molecule has 290 valence electrons. The van der Waals surface area contributed by atoms with E-state index in [9.17, 15) is 10.1 Å². The standard InChI is InChI=1S/C42H49N4O8P/c1-28(2)46(29(3)4)55(51-23-11-22-43)54-37-25-39(45-26-31-24-30(5)52-40(31)44-41(45)47)53-38(37)27-50-42(32-12-9-8-10-13-32,33-14-18-35(48-6)19-15-33)34-16-20-36(49-7)21-17-34/h8-10,12-21,24,26,28-29,37-39H,11,23,25,27H2,1-7H3. The van der Waals surface area contributed by atoms with E-state index in [4.69, 9.17) is 32.4 Å². The fourth-order valence-electron chi connectivity index (χ4n) is 7.08. The molecule has 0 amide bonds. The Balaban J connectivity index is 1.43. The lowest BCUT2D eigenvalue weighted by Gasteiger charge is -2.39. The fourth-order valence-corrected chi connectivity index (χ4v) is 8.84. The third-order valence-electron chi connectivity index (χ3n) is 9.58. The number of furan rings is 1. The quantitative estimate of drug-likeness (QED) is 0.0515. The molecule has 2 aromatic heterocycles. The Morgan fingerprint density at radius 2 is 1.55 bits per heavy atom. The molecular weight excluding hydrogens is 719 g/mol. The van der Waals surface area contributed by atoms with Gasteiger partial charge in [0.25, 0.3) is 8.53 Å². The van der Waals surface area contributed by atoms with Crippen LogP contribution in [0.5, 0.6) is 11.5 Å². The molecule has 0 N–H and O–H groups in total. The van der Waals surface area contributed by atoms with Gasteiger partial charge in [0.2, 0.25) is 5.71 Å². The topological polar surface area (TPSA) is 130 Å². The van der Waals surface area contributed by atoms with Crippen molar-refractivity contribution >= 4 is 19.6 Å². The van der Waals surface area contributed by atoms with Gasteiger partial charge in [-0.3, -0.25) is 4.57 Å². The van der Waals surface area contributed by atoms with Gasteiger partial charge < -0.3 is 32.4 Å². The van der Waals surface area contributed by atoms with Gasteiger partial charge in [-0.1, -0.05) is 54.6 Å². The van der Waals surface area contributed by atoms with E-state index in [1.165, 1.54) is 4.57 Å². The summed E-state index contributed by atoms with van der Waals surface area (Å²) in [6, 6.07) is 29.9. The zero-order valence-corrected chi connectivity index (χ0v) is 33.3. The smallest absolute Gasteiger partial charge is 0.353 e. The van der Waals surface area contributed by atoms with Crippen molar-refractivity contribution in [2.45, 2.75) is 83.6 Å². The monoisotopic (exact) mass is 768 g/mol. The van der Waals surface area contributed by atoms with Crippen molar-refractivity contribution in [3.8, 4) is 17.6 Å². The lowest BCUT2D eigenvalue weighted by molar-refractivity contribution is -0.0924. The Kier molecular flexibility index (Phi) is 13.0. The minimum absolute atomic E-state index is 0.0636. The number of hydrogen-bond donors (Lipinski definition) is 0. The number of methoxy groups -OCH3 is 2. The summed E-state index contributed by atoms with van der Waals surface area (Å²) < 4.78 is 47.7. The molecule has 6 rings (SSSR count). The molecule has 0 spiro atoms. The van der Waals surface area contributed by atoms with Gasteiger partial charge in [0.15, 0.2) is 0 Å². The van der Waals surface area contributed by atoms with Gasteiger partial charge in [-0.25, -0.2) is 9.46 Å². The van der Waals surface area contributed by atoms with E-state index in [0.29, 0.717) is 29.1 Å². The lowest BCUT2D eigenvalue weighted by Crippen LogP contribution is -2.39. The number of aromatic nitrogens is 2. The second kappa shape index (κ2) is 17.9. The van der Waals surface area contributed by atoms with E-state index in [1.807, 2.05) is 91.9 Å². The zero-order valence-electron chi connectivity index (χ0n) is 32.4. The average Bonchev–Trinajstić information content (AvgIpc) is 3.76. The van der Waals surface area contributed by atoms with E-state index in [-0.39, 0.29) is 37.4 Å². The van der Waals surface area contributed by atoms with Crippen LogP contribution in [0.15, 0.2) is 100 Å². The first-order valence-electron chi connectivity index (χ1n) is 18.5. The SMILES string of the molecule is COc1ccc(C(OCC2OC(n3cc4cc(C)oc4nc3=O)CC2OP(OCCC#N)N(C(C)C)C(C)C)(c2ccccc2)c2ccc(OC)cc2)cc1. The van der Waals surface area contributed by atoms with Crippen molar-refractivity contribution in [1.82, 2.24) is 14.2 Å². The van der Waals surface area contributed by atoms with Crippen molar-refractivity contribution in [1.29, 1.82) is 5.26 Å². The molecular formula is C42H49N4O8P. The van der Waals surface area contributed by atoms with Crippen molar-refractivity contribution in [3.05, 3.63) is 124 Å². The number of hydrogen-bond acceptors (Lipinski definition) is 11. The van der Waals surface area contributed by atoms with Gasteiger partial charge in [-0.15, -0.1) is 0 Å². The number of fused-ring (bicyclic) bond motifs is 1. The van der Waals surface area contributed by atoms with E-state index < -0.39 is 38.3 Å². The number of aryl methyl sites for hydroxylation is 1. The Bertz CT molecular complexity index is 2040. The van der Waals surface area contributed by atoms with Crippen molar-refractivity contribution in [2.24, 2.45) is 0 Å². The summed E-state index contributed by atoms with van der Waals surface area (Å²) in [5.74, 6) is 2.07. The molecule has 5 aromatic rings. The third kappa shape index (κ3) is 8.79. The molecule has 12 nitrogen and oxygen atoms in total. The first-order valence-corrected chi connectivity index (χ1v) is 19.6. The van der Waals surface area contributed by atoms with E-state index >= 15 is 0 Å². The van der Waals surface area contributed by atoms with Crippen LogP contribution in [0.1, 0.15) is 69.2 Å². The third-order valence-corrected chi connectivity index (χ3v) is 11.7. The first-order chi connectivity index (χ1) is 26.6. The molecule has 0 saturated carbocycles. The Morgan fingerprint density at radius 3 is 2.11 bits per heavy atom. The highest BCUT2D eigenvalue weighted by molar-refractivity contribution is 7.44. The maximum atomic E-state index is 13.5. The Morgan fingerprint density at radius 1 is 0.945 bits per heavy atom. The summed E-state index contributed by atoms with van der Waals surface area (Å²) in [6.45, 7) is 10.4. The fraction of sp³-hybridized carbons (Fsp3) is 0.405. The summed E-state index contributed by atoms with van der Waals surface area (Å²) in [5.41, 5.74) is 1.28. The van der Waals surface area contributed by atoms with Crippen LogP contribution in [-0.2, 0) is 24.1 Å². The predicted molar refractivity (Wildman–Crippen MR) is 210 cm³/mol. The molecule has 13 heteroatoms. The summed E-state index contributed by atoms with van der Waals surface area (Å²) in [4.78, 5) is 17.7. The van der Waals surface area contributed by atoms with E-state index in [2.05, 4.69) is 43.4 Å². The summed E-state index contributed by atoms with van der Waals surface area (Å²) in [5, 5.41) is 10.0. The van der Waals surface area contributed by atoms with Crippen LogP contribution in [-0.4, -0.2) is 65.9 Å². The minimum atomic E-state index is -1.65. The second-order valence-corrected chi connectivity index (χ2v) is 15.3. The second-order valence-electron chi connectivity index (χ2n) is 13.9. The largest absolute Gasteiger partial charge is 0.497 e. The van der Waals surface area contributed by atoms with E-state index in [1.54, 1.807) is 20.4 Å². The maximum absolute atomic E-state index is 13.5.